The Kier molecular flexibility index (Phi) is 3.07. The van der Waals surface area contributed by atoms with E-state index in [1.807, 2.05) is 6.20 Å². The van der Waals surface area contributed by atoms with Crippen LogP contribution in [0.5, 0.6) is 0 Å². The lowest BCUT2D eigenvalue weighted by Gasteiger charge is -2.35. The van der Waals surface area contributed by atoms with Crippen LogP contribution in [-0.2, 0) is 0 Å². The second-order valence-corrected chi connectivity index (χ2v) is 4.01. The molecule has 2 aliphatic rings. The van der Waals surface area contributed by atoms with Crippen molar-refractivity contribution in [2.75, 3.05) is 18.0 Å². The molecule has 0 radical (unpaired) electrons. The molecular formula is C10H15ClN4. The van der Waals surface area contributed by atoms with Crippen LogP contribution < -0.4 is 10.2 Å². The minimum Gasteiger partial charge on any atom is -0.347 e. The minimum absolute atomic E-state index is 0. The molecule has 1 aromatic heterocycles. The normalized spacial score (nSPS) is 28.7. The van der Waals surface area contributed by atoms with Crippen LogP contribution in [0.25, 0.3) is 0 Å². The zero-order valence-corrected chi connectivity index (χ0v) is 9.28. The number of hydrogen-bond donors (Lipinski definition) is 1. The smallest absolute Gasteiger partial charge is 0.147 e. The average molecular weight is 227 g/mol. The highest BCUT2D eigenvalue weighted by Gasteiger charge is 2.37. The van der Waals surface area contributed by atoms with E-state index in [-0.39, 0.29) is 12.4 Å². The van der Waals surface area contributed by atoms with Crippen molar-refractivity contribution in [1.29, 1.82) is 0 Å². The van der Waals surface area contributed by atoms with Crippen LogP contribution in [0.15, 0.2) is 18.6 Å². The zero-order valence-electron chi connectivity index (χ0n) is 8.47. The van der Waals surface area contributed by atoms with Crippen molar-refractivity contribution < 1.29 is 0 Å². The van der Waals surface area contributed by atoms with E-state index in [0.717, 1.165) is 18.9 Å². The summed E-state index contributed by atoms with van der Waals surface area (Å²) >= 11 is 0. The summed E-state index contributed by atoms with van der Waals surface area (Å²) in [6.07, 6.45) is 7.95. The van der Waals surface area contributed by atoms with Crippen molar-refractivity contribution in [2.24, 2.45) is 0 Å². The zero-order chi connectivity index (χ0) is 9.38. The van der Waals surface area contributed by atoms with E-state index >= 15 is 0 Å². The second-order valence-electron chi connectivity index (χ2n) is 4.01. The Hall–Kier alpha value is -0.870. The number of fused-ring (bicyclic) bond motifs is 2. The first kappa shape index (κ1) is 10.6. The summed E-state index contributed by atoms with van der Waals surface area (Å²) in [5.74, 6) is 1.04. The summed E-state index contributed by atoms with van der Waals surface area (Å²) in [6, 6.07) is 1.26. The lowest BCUT2D eigenvalue weighted by Crippen LogP contribution is -2.52. The van der Waals surface area contributed by atoms with E-state index in [4.69, 9.17) is 0 Å². The fourth-order valence-corrected chi connectivity index (χ4v) is 2.58. The van der Waals surface area contributed by atoms with Gasteiger partial charge in [0.2, 0.25) is 0 Å². The molecule has 2 aliphatic heterocycles. The Bertz CT molecular complexity index is 302. The number of piperazine rings is 1. The van der Waals surface area contributed by atoms with E-state index in [2.05, 4.69) is 20.2 Å². The first-order valence-electron chi connectivity index (χ1n) is 5.20. The van der Waals surface area contributed by atoms with Gasteiger partial charge in [0.25, 0.3) is 0 Å². The number of halogens is 1. The maximum Gasteiger partial charge on any atom is 0.147 e. The molecule has 3 heterocycles. The van der Waals surface area contributed by atoms with Gasteiger partial charge in [-0.25, -0.2) is 4.98 Å². The lowest BCUT2D eigenvalue weighted by molar-refractivity contribution is 0.480. The third-order valence-electron chi connectivity index (χ3n) is 3.19. The Balaban J connectivity index is 0.000000853. The average Bonchev–Trinajstić information content (AvgIpc) is 2.50. The van der Waals surface area contributed by atoms with Crippen LogP contribution in [-0.4, -0.2) is 35.1 Å². The van der Waals surface area contributed by atoms with Gasteiger partial charge < -0.3 is 10.2 Å². The van der Waals surface area contributed by atoms with Crippen LogP contribution in [0.3, 0.4) is 0 Å². The van der Waals surface area contributed by atoms with Crippen molar-refractivity contribution in [3.8, 4) is 0 Å². The molecule has 15 heavy (non-hydrogen) atoms. The summed E-state index contributed by atoms with van der Waals surface area (Å²) in [4.78, 5) is 10.9. The van der Waals surface area contributed by atoms with Crippen LogP contribution in [0.4, 0.5) is 5.82 Å². The highest BCUT2D eigenvalue weighted by Crippen LogP contribution is 2.30. The van der Waals surface area contributed by atoms with Crippen molar-refractivity contribution in [2.45, 2.75) is 24.9 Å². The number of rotatable bonds is 1. The molecule has 5 heteroatoms. The first-order valence-corrected chi connectivity index (χ1v) is 5.20. The van der Waals surface area contributed by atoms with Gasteiger partial charge in [0.15, 0.2) is 0 Å². The third kappa shape index (κ3) is 1.79. The molecule has 2 atom stereocenters. The standard InChI is InChI=1S/C10H14N4.ClH/c1-2-9-6-12-5-8(1)14(9)10-7-11-3-4-13-10;/h3-4,7-9,12H,1-2,5-6H2;1H. The number of aromatic nitrogens is 2. The SMILES string of the molecule is Cl.c1cnc(N2C3CCC2CNC3)cn1. The molecule has 0 spiro atoms. The van der Waals surface area contributed by atoms with Crippen molar-refractivity contribution in [3.05, 3.63) is 18.6 Å². The number of anilines is 1. The van der Waals surface area contributed by atoms with Gasteiger partial charge in [0.05, 0.1) is 6.20 Å². The van der Waals surface area contributed by atoms with Crippen molar-refractivity contribution >= 4 is 18.2 Å². The van der Waals surface area contributed by atoms with Crippen LogP contribution in [0.2, 0.25) is 0 Å². The van der Waals surface area contributed by atoms with Gasteiger partial charge in [0.1, 0.15) is 5.82 Å². The highest BCUT2D eigenvalue weighted by atomic mass is 35.5. The van der Waals surface area contributed by atoms with E-state index in [1.165, 1.54) is 12.8 Å². The Morgan fingerprint density at radius 2 is 1.93 bits per heavy atom. The highest BCUT2D eigenvalue weighted by molar-refractivity contribution is 5.85. The Morgan fingerprint density at radius 1 is 1.20 bits per heavy atom. The van der Waals surface area contributed by atoms with Crippen molar-refractivity contribution in [3.63, 3.8) is 0 Å². The van der Waals surface area contributed by atoms with Gasteiger partial charge >= 0.3 is 0 Å². The number of nitrogens with one attached hydrogen (secondary N) is 1. The lowest BCUT2D eigenvalue weighted by atomic mass is 10.2. The number of nitrogens with zero attached hydrogens (tertiary/aromatic N) is 3. The maximum atomic E-state index is 4.38. The van der Waals surface area contributed by atoms with E-state index in [9.17, 15) is 0 Å². The summed E-state index contributed by atoms with van der Waals surface area (Å²) in [5.41, 5.74) is 0. The van der Waals surface area contributed by atoms with Gasteiger partial charge in [-0.2, -0.15) is 0 Å². The fraction of sp³-hybridized carbons (Fsp3) is 0.600. The van der Waals surface area contributed by atoms with Crippen molar-refractivity contribution in [1.82, 2.24) is 15.3 Å². The van der Waals surface area contributed by atoms with Gasteiger partial charge in [0, 0.05) is 37.6 Å². The van der Waals surface area contributed by atoms with Crippen LogP contribution in [0, 0.1) is 0 Å². The maximum absolute atomic E-state index is 4.38. The quantitative estimate of drug-likeness (QED) is 0.771. The molecule has 0 saturated carbocycles. The summed E-state index contributed by atoms with van der Waals surface area (Å²) in [6.45, 7) is 2.18. The Labute approximate surface area is 95.5 Å². The molecule has 3 rings (SSSR count). The summed E-state index contributed by atoms with van der Waals surface area (Å²) in [7, 11) is 0. The number of hydrogen-bond acceptors (Lipinski definition) is 4. The minimum atomic E-state index is 0. The molecule has 1 N–H and O–H groups in total. The molecular weight excluding hydrogens is 212 g/mol. The molecule has 1 aromatic rings. The third-order valence-corrected chi connectivity index (χ3v) is 3.19. The van der Waals surface area contributed by atoms with Crippen LogP contribution in [0.1, 0.15) is 12.8 Å². The molecule has 2 bridgehead atoms. The molecule has 2 fully saturated rings. The topological polar surface area (TPSA) is 41.1 Å². The van der Waals surface area contributed by atoms with E-state index in [0.29, 0.717) is 12.1 Å². The predicted octanol–water partition coefficient (Wildman–Crippen LogP) is 0.839. The monoisotopic (exact) mass is 226 g/mol. The van der Waals surface area contributed by atoms with E-state index in [1.54, 1.807) is 12.4 Å². The molecule has 82 valence electrons. The van der Waals surface area contributed by atoms with Crippen LogP contribution >= 0.6 is 12.4 Å². The molecule has 0 amide bonds. The molecule has 2 saturated heterocycles. The molecule has 4 nitrogen and oxygen atoms in total. The summed E-state index contributed by atoms with van der Waals surface area (Å²) < 4.78 is 0. The van der Waals surface area contributed by atoms with Gasteiger partial charge in [-0.3, -0.25) is 4.98 Å². The second kappa shape index (κ2) is 4.33. The van der Waals surface area contributed by atoms with Gasteiger partial charge in [-0.05, 0) is 12.8 Å². The molecule has 2 unspecified atom stereocenters. The summed E-state index contributed by atoms with van der Waals surface area (Å²) in [5, 5.41) is 3.46. The predicted molar refractivity (Wildman–Crippen MR) is 61.4 cm³/mol. The van der Waals surface area contributed by atoms with Gasteiger partial charge in [-0.1, -0.05) is 0 Å². The fourth-order valence-electron chi connectivity index (χ4n) is 2.58. The van der Waals surface area contributed by atoms with Gasteiger partial charge in [-0.15, -0.1) is 12.4 Å². The van der Waals surface area contributed by atoms with E-state index < -0.39 is 0 Å². The molecule has 0 aromatic carbocycles. The first-order chi connectivity index (χ1) is 6.95. The Morgan fingerprint density at radius 3 is 2.53 bits per heavy atom. The largest absolute Gasteiger partial charge is 0.347 e. The molecule has 0 aliphatic carbocycles.